The van der Waals surface area contributed by atoms with E-state index in [0.29, 0.717) is 21.8 Å². The van der Waals surface area contributed by atoms with E-state index in [1.165, 1.54) is 23.5 Å². The number of rotatable bonds is 3. The lowest BCUT2D eigenvalue weighted by Crippen LogP contribution is -2.01. The number of aromatic nitrogens is 2. The summed E-state index contributed by atoms with van der Waals surface area (Å²) in [4.78, 5) is 8.41. The van der Waals surface area contributed by atoms with E-state index in [4.69, 9.17) is 0 Å². The molecule has 3 rings (SSSR count). The van der Waals surface area contributed by atoms with Gasteiger partial charge in [0, 0.05) is 17.8 Å². The van der Waals surface area contributed by atoms with Crippen molar-refractivity contribution < 1.29 is 9.50 Å². The van der Waals surface area contributed by atoms with Gasteiger partial charge in [-0.25, -0.2) is 9.37 Å². The second kappa shape index (κ2) is 5.11. The highest BCUT2D eigenvalue weighted by Crippen LogP contribution is 2.33. The van der Waals surface area contributed by atoms with Crippen LogP contribution in [0.15, 0.2) is 49.2 Å². The molecule has 2 heterocycles. The Bertz CT molecular complexity index is 770. The first kappa shape index (κ1) is 12.9. The van der Waals surface area contributed by atoms with E-state index in [-0.39, 0.29) is 5.82 Å². The first-order chi connectivity index (χ1) is 9.65. The molecule has 2 aromatic heterocycles. The summed E-state index contributed by atoms with van der Waals surface area (Å²) >= 11 is 1.37. The van der Waals surface area contributed by atoms with Gasteiger partial charge in [-0.1, -0.05) is 12.6 Å². The van der Waals surface area contributed by atoms with Gasteiger partial charge in [0.05, 0.1) is 15.9 Å². The lowest BCUT2D eigenvalue weighted by atomic mass is 10.1. The average Bonchev–Trinajstić information content (AvgIpc) is 2.89. The molecule has 0 fully saturated rings. The van der Waals surface area contributed by atoms with E-state index in [9.17, 15) is 9.50 Å². The second-order valence-electron chi connectivity index (χ2n) is 4.31. The molecule has 0 aliphatic heterocycles. The Hall–Kier alpha value is -2.11. The van der Waals surface area contributed by atoms with Crippen LogP contribution in [0.25, 0.3) is 15.8 Å². The molecule has 1 atom stereocenters. The van der Waals surface area contributed by atoms with Gasteiger partial charge >= 0.3 is 0 Å². The monoisotopic (exact) mass is 286 g/mol. The molecular weight excluding hydrogens is 275 g/mol. The van der Waals surface area contributed by atoms with Crippen LogP contribution in [0.5, 0.6) is 0 Å². The summed E-state index contributed by atoms with van der Waals surface area (Å²) < 4.78 is 14.0. The van der Waals surface area contributed by atoms with Gasteiger partial charge in [-0.2, -0.15) is 0 Å². The SMILES string of the molecule is C=C(c1nc2cc(F)ccc2s1)C(O)c1ccccn1. The number of nitrogens with zero attached hydrogens (tertiary/aromatic N) is 2. The zero-order valence-corrected chi connectivity index (χ0v) is 11.3. The molecule has 1 N–H and O–H groups in total. The predicted molar refractivity (Wildman–Crippen MR) is 77.8 cm³/mol. The van der Waals surface area contributed by atoms with Gasteiger partial charge in [0.25, 0.3) is 0 Å². The van der Waals surface area contributed by atoms with E-state index in [2.05, 4.69) is 16.5 Å². The molecule has 20 heavy (non-hydrogen) atoms. The Balaban J connectivity index is 1.96. The standard InChI is InChI=1S/C15H11FN2OS/c1-9(14(19)11-4-2-3-7-17-11)15-18-12-8-10(16)5-6-13(12)20-15/h2-8,14,19H,1H2. The Kier molecular flexibility index (Phi) is 3.30. The zero-order valence-electron chi connectivity index (χ0n) is 10.5. The van der Waals surface area contributed by atoms with Gasteiger partial charge in [-0.05, 0) is 24.3 Å². The number of halogens is 1. The van der Waals surface area contributed by atoms with Gasteiger partial charge in [0.15, 0.2) is 0 Å². The van der Waals surface area contributed by atoms with Crippen LogP contribution in [0.1, 0.15) is 16.8 Å². The maximum Gasteiger partial charge on any atom is 0.125 e. The van der Waals surface area contributed by atoms with Crippen LogP contribution < -0.4 is 0 Å². The molecule has 1 aromatic carbocycles. The summed E-state index contributed by atoms with van der Waals surface area (Å²) in [5, 5.41) is 10.8. The van der Waals surface area contributed by atoms with Gasteiger partial charge in [-0.15, -0.1) is 11.3 Å². The largest absolute Gasteiger partial charge is 0.382 e. The van der Waals surface area contributed by atoms with Crippen LogP contribution in [0.2, 0.25) is 0 Å². The van der Waals surface area contributed by atoms with Crippen LogP contribution in [-0.2, 0) is 0 Å². The molecule has 0 spiro atoms. The van der Waals surface area contributed by atoms with Crippen molar-refractivity contribution in [3.05, 3.63) is 65.7 Å². The number of thiazole rings is 1. The first-order valence-corrected chi connectivity index (χ1v) is 6.81. The molecule has 0 radical (unpaired) electrons. The fourth-order valence-corrected chi connectivity index (χ4v) is 2.81. The molecule has 0 saturated heterocycles. The van der Waals surface area contributed by atoms with Crippen molar-refractivity contribution in [1.82, 2.24) is 9.97 Å². The highest BCUT2D eigenvalue weighted by atomic mass is 32.1. The Morgan fingerprint density at radius 3 is 2.90 bits per heavy atom. The minimum atomic E-state index is -0.915. The smallest absolute Gasteiger partial charge is 0.125 e. The van der Waals surface area contributed by atoms with Crippen LogP contribution in [0, 0.1) is 5.82 Å². The van der Waals surface area contributed by atoms with Crippen molar-refractivity contribution >= 4 is 27.1 Å². The number of aliphatic hydroxyl groups excluding tert-OH is 1. The average molecular weight is 286 g/mol. The van der Waals surface area contributed by atoms with Crippen molar-refractivity contribution in [1.29, 1.82) is 0 Å². The maximum atomic E-state index is 13.2. The minimum Gasteiger partial charge on any atom is -0.382 e. The molecule has 5 heteroatoms. The fourth-order valence-electron chi connectivity index (χ4n) is 1.87. The van der Waals surface area contributed by atoms with Gasteiger partial charge in [0.2, 0.25) is 0 Å². The molecule has 3 nitrogen and oxygen atoms in total. The number of hydrogen-bond acceptors (Lipinski definition) is 4. The Labute approximate surface area is 119 Å². The highest BCUT2D eigenvalue weighted by molar-refractivity contribution is 7.19. The molecule has 100 valence electrons. The third kappa shape index (κ3) is 2.33. The molecule has 3 aromatic rings. The number of hydrogen-bond donors (Lipinski definition) is 1. The molecular formula is C15H11FN2OS. The summed E-state index contributed by atoms with van der Waals surface area (Å²) in [6.07, 6.45) is 0.695. The third-order valence-corrected chi connectivity index (χ3v) is 4.03. The molecule has 1 unspecified atom stereocenters. The molecule has 0 aliphatic carbocycles. The fraction of sp³-hybridized carbons (Fsp3) is 0.0667. The van der Waals surface area contributed by atoms with Crippen molar-refractivity contribution in [2.45, 2.75) is 6.10 Å². The summed E-state index contributed by atoms with van der Waals surface area (Å²) in [5.41, 5.74) is 1.55. The zero-order chi connectivity index (χ0) is 14.1. The number of pyridine rings is 1. The summed E-state index contributed by atoms with van der Waals surface area (Å²) in [7, 11) is 0. The van der Waals surface area contributed by atoms with Crippen molar-refractivity contribution in [2.24, 2.45) is 0 Å². The number of aliphatic hydroxyl groups is 1. The van der Waals surface area contributed by atoms with Crippen LogP contribution in [0.4, 0.5) is 4.39 Å². The topological polar surface area (TPSA) is 46.0 Å². The van der Waals surface area contributed by atoms with Crippen LogP contribution >= 0.6 is 11.3 Å². The van der Waals surface area contributed by atoms with Crippen LogP contribution in [-0.4, -0.2) is 15.1 Å². The van der Waals surface area contributed by atoms with E-state index in [1.807, 2.05) is 0 Å². The summed E-state index contributed by atoms with van der Waals surface area (Å²) in [6.45, 7) is 3.88. The molecule has 0 saturated carbocycles. The van der Waals surface area contributed by atoms with Gasteiger partial charge in [-0.3, -0.25) is 4.98 Å². The Morgan fingerprint density at radius 2 is 2.15 bits per heavy atom. The number of benzene rings is 1. The van der Waals surface area contributed by atoms with E-state index in [1.54, 1.807) is 30.5 Å². The minimum absolute atomic E-state index is 0.328. The predicted octanol–water partition coefficient (Wildman–Crippen LogP) is 3.58. The van der Waals surface area contributed by atoms with Gasteiger partial charge in [0.1, 0.15) is 16.9 Å². The summed E-state index contributed by atoms with van der Waals surface area (Å²) in [5.74, 6) is -0.328. The first-order valence-electron chi connectivity index (χ1n) is 5.99. The van der Waals surface area contributed by atoms with Crippen molar-refractivity contribution in [3.63, 3.8) is 0 Å². The van der Waals surface area contributed by atoms with Crippen molar-refractivity contribution in [3.8, 4) is 0 Å². The van der Waals surface area contributed by atoms with Crippen LogP contribution in [0.3, 0.4) is 0 Å². The van der Waals surface area contributed by atoms with Gasteiger partial charge < -0.3 is 5.11 Å². The molecule has 0 amide bonds. The quantitative estimate of drug-likeness (QED) is 0.800. The Morgan fingerprint density at radius 1 is 1.30 bits per heavy atom. The summed E-state index contributed by atoms with van der Waals surface area (Å²) in [6, 6.07) is 9.74. The van der Waals surface area contributed by atoms with Crippen molar-refractivity contribution in [2.75, 3.05) is 0 Å². The molecule has 0 aliphatic rings. The number of fused-ring (bicyclic) bond motifs is 1. The highest BCUT2D eigenvalue weighted by Gasteiger charge is 2.17. The lowest BCUT2D eigenvalue weighted by molar-refractivity contribution is 0.233. The maximum absolute atomic E-state index is 13.2. The lowest BCUT2D eigenvalue weighted by Gasteiger charge is -2.10. The third-order valence-electron chi connectivity index (χ3n) is 2.92. The molecule has 0 bridgehead atoms. The van der Waals surface area contributed by atoms with E-state index in [0.717, 1.165) is 4.70 Å². The normalized spacial score (nSPS) is 12.5. The van der Waals surface area contributed by atoms with E-state index >= 15 is 0 Å². The van der Waals surface area contributed by atoms with E-state index < -0.39 is 6.10 Å². The second-order valence-corrected chi connectivity index (χ2v) is 5.34.